The summed E-state index contributed by atoms with van der Waals surface area (Å²) in [4.78, 5) is 87.0. The Kier molecular flexibility index (Phi) is 49.9. The molecule has 1 aliphatic carbocycles. The van der Waals surface area contributed by atoms with Crippen molar-refractivity contribution in [1.82, 2.24) is 37.2 Å². The van der Waals surface area contributed by atoms with Gasteiger partial charge in [-0.25, -0.2) is 0 Å². The molecule has 0 fully saturated rings. The van der Waals surface area contributed by atoms with Crippen molar-refractivity contribution >= 4 is 57.8 Å². The van der Waals surface area contributed by atoms with E-state index in [1.165, 1.54) is 33.4 Å². The van der Waals surface area contributed by atoms with Crippen LogP contribution in [0.4, 0.5) is 0 Å². The number of aryl methyl sites for hydroxylation is 1. The predicted octanol–water partition coefficient (Wildman–Crippen LogP) is 24.2. The number of benzene rings is 3. The van der Waals surface area contributed by atoms with E-state index in [4.69, 9.17) is 0 Å². The maximum absolute atomic E-state index is 12.9. The smallest absolute Gasteiger partial charge is 0.155 e. The zero-order valence-corrected chi connectivity index (χ0v) is 89.0. The second-order valence-electron chi connectivity index (χ2n) is 49.4. The normalized spacial score (nSPS) is 15.3. The van der Waals surface area contributed by atoms with Crippen molar-refractivity contribution in [3.05, 3.63) is 113 Å². The lowest BCUT2D eigenvalue weighted by Crippen LogP contribution is -2.53. The molecule has 15 heteroatoms. The molecule has 8 atom stereocenters. The highest BCUT2D eigenvalue weighted by atomic mass is 32.2. The molecule has 4 rings (SSSR count). The Labute approximate surface area is 756 Å². The number of Topliss-reactive ketones (excluding diaryl/α,β-unsaturated/α-hetero) is 7. The molecule has 0 saturated heterocycles. The number of allylic oxidation sites excluding steroid dienone is 1. The van der Waals surface area contributed by atoms with E-state index in [1.807, 2.05) is 177 Å². The number of rotatable bonds is 27. The standard InChI is InChI=1S/C20H29NO.C18H29NO.C17H27NO.2C14H29NO.C12H25NOS.C12H25NO/c1-19(2,3)18(22)17(21-20(4,5)6)13-15-12-11-14-9-7-8-10-16(14)15;1-13-8-10-14(11-9-13)12-15(19-18(5,6)7)16(20)17(2,3)4;1-16(2,3)15(19)14(18-17(4,5)6)12-13-10-8-7-9-11-13;1-10(2)9-11(15-14(6,7)8)12(16)13(3,4)5;1-9-10(2)11(15-14(6,7)8)12(16)13(3,4)5;1-11(2,3)10(14)9(8-15-7)13-12(4,5)6;1-8-9(13-12(5,6)7)10(14)11(2,3)4/h7-10,12,17,21H,11,13H2,1-6H3;8-11,15,19H,12H2,1-7H3;7-11,14,18H,12H2,1-6H3;2*10-11,15H,9H2,1-8H3;9,13H,8H2,1-7H3;9,13H,8H2,1-7H3. The van der Waals surface area contributed by atoms with Crippen LogP contribution in [0.25, 0.3) is 5.57 Å². The van der Waals surface area contributed by atoms with Crippen LogP contribution >= 0.6 is 11.8 Å². The van der Waals surface area contributed by atoms with E-state index in [1.54, 1.807) is 11.8 Å². The summed E-state index contributed by atoms with van der Waals surface area (Å²) in [7, 11) is 0. The van der Waals surface area contributed by atoms with Crippen LogP contribution in [0, 0.1) is 56.7 Å². The molecule has 3 aromatic carbocycles. The fraction of sp³-hybridized carbons (Fsp3) is 0.748. The lowest BCUT2D eigenvalue weighted by Gasteiger charge is -2.35. The molecule has 7 N–H and O–H groups in total. The average Bonchev–Trinajstić information content (AvgIpc) is 1.66. The molecule has 14 nitrogen and oxygen atoms in total. The first-order valence-corrected chi connectivity index (χ1v) is 47.2. The minimum atomic E-state index is -0.332. The summed E-state index contributed by atoms with van der Waals surface area (Å²) in [5, 5.41) is 24.1. The quantitative estimate of drug-likeness (QED) is 0.0379. The van der Waals surface area contributed by atoms with E-state index in [0.29, 0.717) is 35.0 Å². The Balaban J connectivity index is -0.00000136. The van der Waals surface area contributed by atoms with E-state index in [-0.39, 0.29) is 136 Å². The highest BCUT2D eigenvalue weighted by Gasteiger charge is 2.40. The van der Waals surface area contributed by atoms with Crippen LogP contribution in [-0.4, -0.2) is 134 Å². The van der Waals surface area contributed by atoms with Gasteiger partial charge in [0.25, 0.3) is 0 Å². The second kappa shape index (κ2) is 50.2. The van der Waals surface area contributed by atoms with Gasteiger partial charge in [-0.1, -0.05) is 277 Å². The van der Waals surface area contributed by atoms with Gasteiger partial charge in [0, 0.05) is 82.4 Å². The van der Waals surface area contributed by atoms with Gasteiger partial charge in [0.05, 0.1) is 42.3 Å². The largest absolute Gasteiger partial charge is 0.303 e. The molecule has 3 aromatic rings. The van der Waals surface area contributed by atoms with Crippen LogP contribution in [0.3, 0.4) is 0 Å². The zero-order chi connectivity index (χ0) is 96.9. The number of ketones is 7. The summed E-state index contributed by atoms with van der Waals surface area (Å²) in [6.07, 6.45) is 10.3. The first kappa shape index (κ1) is 121. The minimum Gasteiger partial charge on any atom is -0.303 e. The van der Waals surface area contributed by atoms with Gasteiger partial charge >= 0.3 is 0 Å². The van der Waals surface area contributed by atoms with Crippen LogP contribution in [0.1, 0.15) is 379 Å². The molecule has 0 aliphatic heterocycles. The van der Waals surface area contributed by atoms with Crippen LogP contribution in [0.5, 0.6) is 0 Å². The maximum Gasteiger partial charge on any atom is 0.155 e. The number of carbonyl (C=O) groups excluding carboxylic acids is 7. The summed E-state index contributed by atoms with van der Waals surface area (Å²) in [5.41, 5.74) is 5.33. The molecule has 122 heavy (non-hydrogen) atoms. The van der Waals surface area contributed by atoms with Gasteiger partial charge in [-0.3, -0.25) is 33.6 Å². The number of hydrogen-bond acceptors (Lipinski definition) is 15. The van der Waals surface area contributed by atoms with Gasteiger partial charge in [0.15, 0.2) is 40.5 Å². The fourth-order valence-electron chi connectivity index (χ4n) is 13.5. The minimum absolute atomic E-state index is 0.00157. The number of carbonyl (C=O) groups is 7. The molecule has 0 amide bonds. The molecular weight excluding hydrogens is 1530 g/mol. The van der Waals surface area contributed by atoms with Crippen molar-refractivity contribution < 1.29 is 33.6 Å². The van der Waals surface area contributed by atoms with E-state index in [2.05, 4.69) is 284 Å². The second-order valence-corrected chi connectivity index (χ2v) is 50.3. The molecule has 0 aromatic heterocycles. The zero-order valence-electron chi connectivity index (χ0n) is 88.2. The molecule has 0 saturated carbocycles. The van der Waals surface area contributed by atoms with Gasteiger partial charge in [-0.05, 0) is 237 Å². The van der Waals surface area contributed by atoms with E-state index in [0.717, 1.165) is 50.7 Å². The van der Waals surface area contributed by atoms with E-state index in [9.17, 15) is 33.6 Å². The highest BCUT2D eigenvalue weighted by molar-refractivity contribution is 7.98. The van der Waals surface area contributed by atoms with Crippen molar-refractivity contribution in [2.24, 2.45) is 49.7 Å². The first-order chi connectivity index (χ1) is 54.2. The average molecular weight is 1720 g/mol. The predicted molar refractivity (Wildman–Crippen MR) is 533 cm³/mol. The number of fused-ring (bicyclic) bond motifs is 1. The highest BCUT2D eigenvalue weighted by Crippen LogP contribution is 2.34. The van der Waals surface area contributed by atoms with Gasteiger partial charge in [-0.15, -0.1) is 0 Å². The number of nitrogens with one attached hydrogen (secondary N) is 7. The van der Waals surface area contributed by atoms with Crippen molar-refractivity contribution in [2.45, 2.75) is 458 Å². The fourth-order valence-corrected chi connectivity index (χ4v) is 14.1. The Morgan fingerprint density at radius 2 is 0.598 bits per heavy atom. The molecule has 0 radical (unpaired) electrons. The van der Waals surface area contributed by atoms with Crippen molar-refractivity contribution in [3.63, 3.8) is 0 Å². The Morgan fingerprint density at radius 1 is 0.320 bits per heavy atom. The molecular formula is C107H193N7O7S. The van der Waals surface area contributed by atoms with Crippen molar-refractivity contribution in [2.75, 3.05) is 12.0 Å². The summed E-state index contributed by atoms with van der Waals surface area (Å²) in [5.74, 6) is 3.81. The van der Waals surface area contributed by atoms with E-state index < -0.39 is 0 Å². The third-order valence-corrected chi connectivity index (χ3v) is 20.1. The SMILES string of the molecule is CC(C)(C)NC(CC1=CCc2ccccc21)C(=O)C(C)(C)C.CC(C)(C)NC(Cc1ccccc1)C(=O)C(C)(C)C.CC(C)CC(NC(C)(C)C)C(=O)C(C)(C)C.CCC(C)C(NC(C)(C)C)C(=O)C(C)(C)C.CCC(NC(C)(C)C)C(=O)C(C)(C)C.CSCC(NC(C)(C)C)C(=O)C(C)(C)C.Cc1ccc(CC(NC(C)(C)C)C(=O)C(C)(C)C)cc1. The topological polar surface area (TPSA) is 204 Å². The third-order valence-electron chi connectivity index (χ3n) is 19.4. The molecule has 1 aliphatic rings. The van der Waals surface area contributed by atoms with Crippen molar-refractivity contribution in [3.8, 4) is 0 Å². The first-order valence-electron chi connectivity index (χ1n) is 45.8. The van der Waals surface area contributed by atoms with Crippen LogP contribution in [0.15, 0.2) is 84.9 Å². The third kappa shape index (κ3) is 55.0. The van der Waals surface area contributed by atoms with Crippen LogP contribution in [-0.2, 0) is 52.8 Å². The van der Waals surface area contributed by atoms with Gasteiger partial charge in [0.1, 0.15) is 0 Å². The molecule has 0 heterocycles. The maximum atomic E-state index is 12.9. The van der Waals surface area contributed by atoms with E-state index >= 15 is 0 Å². The lowest BCUT2D eigenvalue weighted by molar-refractivity contribution is -0.130. The number of hydrogen-bond donors (Lipinski definition) is 7. The molecule has 8 unspecified atom stereocenters. The summed E-state index contributed by atoms with van der Waals surface area (Å²) < 4.78 is 0. The Bertz CT molecular complexity index is 3620. The monoisotopic (exact) mass is 1720 g/mol. The molecule has 0 spiro atoms. The molecule has 704 valence electrons. The Morgan fingerprint density at radius 3 is 0.910 bits per heavy atom. The number of thioether (sulfide) groups is 1. The van der Waals surface area contributed by atoms with Crippen LogP contribution in [0.2, 0.25) is 0 Å². The Hall–Kier alpha value is -4.84. The molecule has 0 bridgehead atoms. The summed E-state index contributed by atoms with van der Waals surface area (Å²) >= 11 is 1.71. The lowest BCUT2D eigenvalue weighted by atomic mass is 9.80. The van der Waals surface area contributed by atoms with Gasteiger partial charge < -0.3 is 37.2 Å². The van der Waals surface area contributed by atoms with Gasteiger partial charge in [0.2, 0.25) is 0 Å². The van der Waals surface area contributed by atoms with Crippen LogP contribution < -0.4 is 37.2 Å². The van der Waals surface area contributed by atoms with Crippen molar-refractivity contribution in [1.29, 1.82) is 0 Å². The summed E-state index contributed by atoms with van der Waals surface area (Å²) in [6.45, 7) is 98.6. The van der Waals surface area contributed by atoms with Gasteiger partial charge in [-0.2, -0.15) is 11.8 Å². The summed E-state index contributed by atoms with van der Waals surface area (Å²) in [6, 6.07) is 26.6.